The van der Waals surface area contributed by atoms with E-state index in [4.69, 9.17) is 0 Å². The summed E-state index contributed by atoms with van der Waals surface area (Å²) in [5, 5.41) is 0. The fourth-order valence-electron chi connectivity index (χ4n) is 1.28. The second-order valence-electron chi connectivity index (χ2n) is 3.23. The third-order valence-electron chi connectivity index (χ3n) is 1.99. The molecule has 0 aliphatic carbocycles. The first-order chi connectivity index (χ1) is 8.75. The van der Waals surface area contributed by atoms with Gasteiger partial charge in [-0.1, -0.05) is 18.2 Å². The quantitative estimate of drug-likeness (QED) is 0.475. The maximum atomic E-state index is 12.3. The van der Waals surface area contributed by atoms with Crippen LogP contribution < -0.4 is 0 Å². The van der Waals surface area contributed by atoms with Crippen molar-refractivity contribution in [3.05, 3.63) is 54.5 Å². The Balaban J connectivity index is 2.34. The van der Waals surface area contributed by atoms with Crippen LogP contribution in [0.4, 0.5) is 14.4 Å². The summed E-state index contributed by atoms with van der Waals surface area (Å²) in [6, 6.07) is 8.42. The highest BCUT2D eigenvalue weighted by Gasteiger charge is 2.21. The molecule has 1 heterocycles. The summed E-state index contributed by atoms with van der Waals surface area (Å²) in [7, 11) is -2.94. The third-order valence-corrected chi connectivity index (χ3v) is 1.99. The van der Waals surface area contributed by atoms with E-state index in [2.05, 4.69) is 19.6 Å². The summed E-state index contributed by atoms with van der Waals surface area (Å²) in [6.07, 6.45) is 4.25. The van der Waals surface area contributed by atoms with E-state index in [1.54, 1.807) is 30.3 Å². The molecule has 90 valence electrons. The molecule has 18 heavy (non-hydrogen) atoms. The second-order valence-corrected chi connectivity index (χ2v) is 3.23. The van der Waals surface area contributed by atoms with Crippen molar-refractivity contribution in [3.8, 4) is 0 Å². The molecule has 0 bridgehead atoms. The van der Waals surface area contributed by atoms with Crippen molar-refractivity contribution in [2.24, 2.45) is 4.99 Å². The molecular formula is C11H8BF2N3O. The minimum Gasteiger partial charge on any atom is -0.490 e. The van der Waals surface area contributed by atoms with Crippen LogP contribution in [0.5, 0.6) is 0 Å². The first-order valence-electron chi connectivity index (χ1n) is 5.10. The summed E-state index contributed by atoms with van der Waals surface area (Å²) in [6.45, 7) is 0. The Kier molecular flexibility index (Phi) is 3.96. The predicted molar refractivity (Wildman–Crippen MR) is 63.7 cm³/mol. The van der Waals surface area contributed by atoms with Crippen LogP contribution in [0, 0.1) is 0 Å². The van der Waals surface area contributed by atoms with Crippen molar-refractivity contribution in [3.63, 3.8) is 0 Å². The Morgan fingerprint density at radius 3 is 2.56 bits per heavy atom. The zero-order valence-electron chi connectivity index (χ0n) is 9.20. The molecule has 1 aromatic heterocycles. The number of hydrogen-bond donors (Lipinski definition) is 0. The second kappa shape index (κ2) is 5.86. The molecule has 4 nitrogen and oxygen atoms in total. The van der Waals surface area contributed by atoms with Crippen molar-refractivity contribution >= 4 is 19.2 Å². The summed E-state index contributed by atoms with van der Waals surface area (Å²) < 4.78 is 29.1. The molecule has 0 spiro atoms. The first-order valence-corrected chi connectivity index (χ1v) is 5.10. The zero-order valence-corrected chi connectivity index (χ0v) is 9.20. The smallest absolute Gasteiger partial charge is 0.490 e. The normalized spacial score (nSPS) is 11.1. The predicted octanol–water partition coefficient (Wildman–Crippen LogP) is 2.50. The van der Waals surface area contributed by atoms with E-state index in [-0.39, 0.29) is 11.7 Å². The van der Waals surface area contributed by atoms with Crippen LogP contribution in [-0.2, 0) is 4.65 Å². The van der Waals surface area contributed by atoms with Crippen molar-refractivity contribution in [1.82, 2.24) is 9.97 Å². The molecule has 7 heteroatoms. The maximum Gasteiger partial charge on any atom is 0.797 e. The molecule has 0 amide bonds. The lowest BCUT2D eigenvalue weighted by molar-refractivity contribution is 0.420. The number of benzene rings is 1. The van der Waals surface area contributed by atoms with Crippen LogP contribution in [0.15, 0.2) is 53.9 Å². The van der Waals surface area contributed by atoms with E-state index in [1.807, 2.05) is 0 Å². The average molecular weight is 247 g/mol. The van der Waals surface area contributed by atoms with E-state index in [0.717, 1.165) is 0 Å². The maximum absolute atomic E-state index is 12.3. The topological polar surface area (TPSA) is 47.4 Å². The van der Waals surface area contributed by atoms with Gasteiger partial charge in [-0.15, -0.1) is 0 Å². The molecule has 2 rings (SSSR count). The van der Waals surface area contributed by atoms with Crippen molar-refractivity contribution in [2.45, 2.75) is 0 Å². The zero-order chi connectivity index (χ0) is 12.8. The van der Waals surface area contributed by atoms with Gasteiger partial charge < -0.3 is 4.65 Å². The monoisotopic (exact) mass is 247 g/mol. The molecule has 2 aromatic rings. The van der Waals surface area contributed by atoms with Gasteiger partial charge in [0.1, 0.15) is 0 Å². The van der Waals surface area contributed by atoms with E-state index in [9.17, 15) is 8.63 Å². The summed E-state index contributed by atoms with van der Waals surface area (Å²) in [5.74, 6) is 0.0168. The molecule has 0 unspecified atom stereocenters. The summed E-state index contributed by atoms with van der Waals surface area (Å²) in [4.78, 5) is 11.6. The average Bonchev–Trinajstić information content (AvgIpc) is 2.40. The third kappa shape index (κ3) is 3.34. The largest absolute Gasteiger partial charge is 0.797 e. The van der Waals surface area contributed by atoms with Crippen LogP contribution in [0.25, 0.3) is 0 Å². The molecular weight excluding hydrogens is 239 g/mol. The highest BCUT2D eigenvalue weighted by atomic mass is 19.2. The molecule has 0 atom stereocenters. The Morgan fingerprint density at radius 2 is 1.94 bits per heavy atom. The van der Waals surface area contributed by atoms with Gasteiger partial charge in [0, 0.05) is 18.0 Å². The number of rotatable bonds is 3. The molecule has 0 saturated carbocycles. The lowest BCUT2D eigenvalue weighted by Gasteiger charge is -2.06. The fourth-order valence-corrected chi connectivity index (χ4v) is 1.28. The molecule has 0 aliphatic heterocycles. The fraction of sp³-hybridized carbons (Fsp3) is 0. The van der Waals surface area contributed by atoms with Crippen molar-refractivity contribution < 1.29 is 13.3 Å². The lowest BCUT2D eigenvalue weighted by atomic mass is 10.2. The van der Waals surface area contributed by atoms with Gasteiger partial charge >= 0.3 is 7.47 Å². The van der Waals surface area contributed by atoms with E-state index >= 15 is 0 Å². The Labute approximate surface area is 103 Å². The van der Waals surface area contributed by atoms with Gasteiger partial charge in [-0.05, 0) is 12.1 Å². The Morgan fingerprint density at radius 1 is 1.17 bits per heavy atom. The SMILES string of the molecule is FB(F)OC(=Nc1cnccn1)c1ccccc1. The van der Waals surface area contributed by atoms with E-state index in [0.29, 0.717) is 5.56 Å². The Bertz CT molecular complexity index is 522. The van der Waals surface area contributed by atoms with Crippen LogP contribution in [0.1, 0.15) is 5.56 Å². The van der Waals surface area contributed by atoms with Gasteiger partial charge in [0.2, 0.25) is 5.90 Å². The molecule has 0 N–H and O–H groups in total. The summed E-state index contributed by atoms with van der Waals surface area (Å²) in [5.41, 5.74) is 0.448. The molecule has 0 aliphatic rings. The Hall–Kier alpha value is -2.31. The van der Waals surface area contributed by atoms with Crippen LogP contribution >= 0.6 is 0 Å². The lowest BCUT2D eigenvalue weighted by Crippen LogP contribution is -2.14. The molecule has 1 aromatic carbocycles. The number of aromatic nitrogens is 2. The van der Waals surface area contributed by atoms with Gasteiger partial charge in [0.25, 0.3) is 0 Å². The van der Waals surface area contributed by atoms with Gasteiger partial charge in [-0.3, -0.25) is 4.98 Å². The van der Waals surface area contributed by atoms with Crippen LogP contribution in [0.2, 0.25) is 0 Å². The highest BCUT2D eigenvalue weighted by Crippen LogP contribution is 2.11. The van der Waals surface area contributed by atoms with E-state index in [1.165, 1.54) is 18.6 Å². The van der Waals surface area contributed by atoms with Gasteiger partial charge in [-0.2, -0.15) is 4.99 Å². The van der Waals surface area contributed by atoms with Crippen molar-refractivity contribution in [2.75, 3.05) is 0 Å². The van der Waals surface area contributed by atoms with Crippen molar-refractivity contribution in [1.29, 1.82) is 0 Å². The molecule has 0 fully saturated rings. The van der Waals surface area contributed by atoms with E-state index < -0.39 is 7.47 Å². The minimum absolute atomic E-state index is 0.189. The number of aliphatic imine (C=N–C) groups is 1. The number of halogens is 2. The summed E-state index contributed by atoms with van der Waals surface area (Å²) >= 11 is 0. The van der Waals surface area contributed by atoms with Crippen LogP contribution in [0.3, 0.4) is 0 Å². The first kappa shape index (κ1) is 12.2. The van der Waals surface area contributed by atoms with Gasteiger partial charge in [0.05, 0.1) is 6.20 Å². The number of nitrogens with zero attached hydrogens (tertiary/aromatic N) is 3. The molecule has 0 saturated heterocycles. The van der Waals surface area contributed by atoms with Gasteiger partial charge in [-0.25, -0.2) is 13.6 Å². The number of hydrogen-bond acceptors (Lipinski definition) is 4. The minimum atomic E-state index is -2.94. The van der Waals surface area contributed by atoms with Crippen LogP contribution in [-0.4, -0.2) is 23.3 Å². The standard InChI is InChI=1S/C11H8BF2N3O/c13-12(14)18-11(9-4-2-1-3-5-9)17-10-8-15-6-7-16-10/h1-8H. The van der Waals surface area contributed by atoms with Gasteiger partial charge in [0.15, 0.2) is 5.82 Å². The highest BCUT2D eigenvalue weighted by molar-refractivity contribution is 6.38. The molecule has 0 radical (unpaired) electrons.